The van der Waals surface area contributed by atoms with Gasteiger partial charge >= 0.3 is 0 Å². The Labute approximate surface area is 124 Å². The molecule has 0 saturated carbocycles. The normalized spacial score (nSPS) is 12.4. The van der Waals surface area contributed by atoms with E-state index in [2.05, 4.69) is 39.3 Å². The molecular formula is C17H18N4. The summed E-state index contributed by atoms with van der Waals surface area (Å²) in [6, 6.07) is 12.4. The maximum Gasteiger partial charge on any atom is 0.0934 e. The van der Waals surface area contributed by atoms with Crippen LogP contribution in [0.4, 0.5) is 0 Å². The van der Waals surface area contributed by atoms with Crippen molar-refractivity contribution in [2.24, 2.45) is 0 Å². The van der Waals surface area contributed by atoms with Crippen LogP contribution in [-0.4, -0.2) is 21.5 Å². The van der Waals surface area contributed by atoms with Crippen molar-refractivity contribution in [3.63, 3.8) is 0 Å². The highest BCUT2D eigenvalue weighted by Crippen LogP contribution is 2.23. The van der Waals surface area contributed by atoms with E-state index in [4.69, 9.17) is 0 Å². The van der Waals surface area contributed by atoms with Gasteiger partial charge < -0.3 is 5.32 Å². The van der Waals surface area contributed by atoms with E-state index >= 15 is 0 Å². The number of nitrogens with zero attached hydrogens (tertiary/aromatic N) is 3. The first-order chi connectivity index (χ1) is 10.4. The average Bonchev–Trinajstić information content (AvgIpc) is 2.55. The molecule has 0 aliphatic heterocycles. The molecular weight excluding hydrogens is 260 g/mol. The molecule has 2 aromatic heterocycles. The Hall–Kier alpha value is -2.33. The zero-order valence-electron chi connectivity index (χ0n) is 12.0. The van der Waals surface area contributed by atoms with E-state index in [-0.39, 0.29) is 6.04 Å². The smallest absolute Gasteiger partial charge is 0.0934 e. The van der Waals surface area contributed by atoms with Crippen LogP contribution in [0, 0.1) is 0 Å². The fraction of sp³-hybridized carbons (Fsp3) is 0.235. The summed E-state index contributed by atoms with van der Waals surface area (Å²) in [7, 11) is 0. The highest BCUT2D eigenvalue weighted by Gasteiger charge is 2.15. The molecule has 1 unspecified atom stereocenters. The van der Waals surface area contributed by atoms with Crippen molar-refractivity contribution in [3.8, 4) is 0 Å². The highest BCUT2D eigenvalue weighted by atomic mass is 14.9. The Morgan fingerprint density at radius 3 is 2.67 bits per heavy atom. The molecule has 1 N–H and O–H groups in total. The van der Waals surface area contributed by atoms with Crippen LogP contribution < -0.4 is 5.32 Å². The first-order valence-electron chi connectivity index (χ1n) is 7.21. The number of fused-ring (bicyclic) bond motifs is 1. The van der Waals surface area contributed by atoms with E-state index in [9.17, 15) is 0 Å². The third-order valence-electron chi connectivity index (χ3n) is 3.50. The van der Waals surface area contributed by atoms with Gasteiger partial charge in [-0.25, -0.2) is 0 Å². The van der Waals surface area contributed by atoms with Crippen LogP contribution in [0.15, 0.2) is 55.0 Å². The van der Waals surface area contributed by atoms with Crippen molar-refractivity contribution >= 4 is 11.0 Å². The molecule has 0 aliphatic carbocycles. The largest absolute Gasteiger partial charge is 0.310 e. The summed E-state index contributed by atoms with van der Waals surface area (Å²) >= 11 is 0. The summed E-state index contributed by atoms with van der Waals surface area (Å²) in [5.41, 5.74) is 4.14. The Morgan fingerprint density at radius 1 is 0.952 bits per heavy atom. The van der Waals surface area contributed by atoms with E-state index in [1.54, 1.807) is 12.4 Å². The van der Waals surface area contributed by atoms with Crippen LogP contribution in [0.2, 0.25) is 0 Å². The molecule has 21 heavy (non-hydrogen) atoms. The quantitative estimate of drug-likeness (QED) is 0.779. The number of para-hydroxylation sites is 1. The summed E-state index contributed by atoms with van der Waals surface area (Å²) in [4.78, 5) is 13.3. The van der Waals surface area contributed by atoms with Gasteiger partial charge in [-0.05, 0) is 30.3 Å². The van der Waals surface area contributed by atoms with Gasteiger partial charge in [-0.1, -0.05) is 25.1 Å². The van der Waals surface area contributed by atoms with Crippen molar-refractivity contribution in [1.82, 2.24) is 20.3 Å². The topological polar surface area (TPSA) is 50.7 Å². The molecule has 3 aromatic rings. The number of pyridine rings is 1. The van der Waals surface area contributed by atoms with Gasteiger partial charge in [0, 0.05) is 36.7 Å². The van der Waals surface area contributed by atoms with Gasteiger partial charge in [0.1, 0.15) is 0 Å². The minimum atomic E-state index is 0.185. The minimum absolute atomic E-state index is 0.185. The lowest BCUT2D eigenvalue weighted by Gasteiger charge is -2.19. The first-order valence-corrected chi connectivity index (χ1v) is 7.21. The van der Waals surface area contributed by atoms with Crippen molar-refractivity contribution in [2.45, 2.75) is 19.4 Å². The van der Waals surface area contributed by atoms with E-state index in [0.29, 0.717) is 0 Å². The first kappa shape index (κ1) is 13.6. The van der Waals surface area contributed by atoms with E-state index < -0.39 is 0 Å². The second-order valence-corrected chi connectivity index (χ2v) is 4.91. The number of likely N-dealkylation sites (N-methyl/N-ethyl adjacent to an activating group) is 1. The molecule has 4 nitrogen and oxygen atoms in total. The predicted octanol–water partition coefficient (Wildman–Crippen LogP) is 2.92. The summed E-state index contributed by atoms with van der Waals surface area (Å²) in [5, 5.41) is 3.53. The monoisotopic (exact) mass is 278 g/mol. The lowest BCUT2D eigenvalue weighted by Crippen LogP contribution is -2.23. The van der Waals surface area contributed by atoms with E-state index in [1.807, 2.05) is 30.5 Å². The van der Waals surface area contributed by atoms with Gasteiger partial charge in [0.05, 0.1) is 11.0 Å². The van der Waals surface area contributed by atoms with Crippen molar-refractivity contribution in [3.05, 3.63) is 66.2 Å². The molecule has 4 heteroatoms. The number of nitrogens with one attached hydrogen (secondary N) is 1. The van der Waals surface area contributed by atoms with Crippen LogP contribution >= 0.6 is 0 Å². The van der Waals surface area contributed by atoms with Crippen LogP contribution in [0.1, 0.15) is 24.2 Å². The van der Waals surface area contributed by atoms with Gasteiger partial charge in [0.25, 0.3) is 0 Å². The van der Waals surface area contributed by atoms with Crippen LogP contribution in [-0.2, 0) is 6.42 Å². The van der Waals surface area contributed by atoms with E-state index in [1.165, 1.54) is 5.56 Å². The zero-order chi connectivity index (χ0) is 14.5. The maximum absolute atomic E-state index is 4.50. The Kier molecular flexibility index (Phi) is 4.17. The van der Waals surface area contributed by atoms with Crippen LogP contribution in [0.25, 0.3) is 11.0 Å². The SMILES string of the molecule is CCNC(Cc1ccccn1)c1cccc2nccnc12. The minimum Gasteiger partial charge on any atom is -0.310 e. The Bertz CT molecular complexity index is 707. The molecule has 0 amide bonds. The molecule has 106 valence electrons. The number of rotatable bonds is 5. The molecule has 0 spiro atoms. The third kappa shape index (κ3) is 3.06. The Morgan fingerprint density at radius 2 is 1.86 bits per heavy atom. The number of aromatic nitrogens is 3. The molecule has 0 bridgehead atoms. The highest BCUT2D eigenvalue weighted by molar-refractivity contribution is 5.78. The van der Waals surface area contributed by atoms with Crippen molar-refractivity contribution in [1.29, 1.82) is 0 Å². The standard InChI is InChI=1S/C17H18N4/c1-2-18-16(12-13-6-3-4-9-19-13)14-7-5-8-15-17(14)21-11-10-20-15/h3-11,16,18H,2,12H2,1H3. The summed E-state index contributed by atoms with van der Waals surface area (Å²) in [5.74, 6) is 0. The molecule has 0 radical (unpaired) electrons. The van der Waals surface area contributed by atoms with Crippen molar-refractivity contribution < 1.29 is 0 Å². The molecule has 2 heterocycles. The molecule has 0 fully saturated rings. The molecule has 1 aromatic carbocycles. The third-order valence-corrected chi connectivity index (χ3v) is 3.50. The van der Waals surface area contributed by atoms with Gasteiger partial charge in [0.15, 0.2) is 0 Å². The van der Waals surface area contributed by atoms with Gasteiger partial charge in [-0.2, -0.15) is 0 Å². The fourth-order valence-electron chi connectivity index (χ4n) is 2.56. The second kappa shape index (κ2) is 6.41. The summed E-state index contributed by atoms with van der Waals surface area (Å²) in [6.45, 7) is 3.01. The molecule has 3 rings (SSSR count). The second-order valence-electron chi connectivity index (χ2n) is 4.91. The number of hydrogen-bond donors (Lipinski definition) is 1. The summed E-state index contributed by atoms with van der Waals surface area (Å²) < 4.78 is 0. The molecule has 0 aliphatic rings. The van der Waals surface area contributed by atoms with Gasteiger partial charge in [-0.3, -0.25) is 15.0 Å². The summed E-state index contributed by atoms with van der Waals surface area (Å²) in [6.07, 6.45) is 6.15. The molecule has 1 atom stereocenters. The van der Waals surface area contributed by atoms with Crippen molar-refractivity contribution in [2.75, 3.05) is 6.54 Å². The maximum atomic E-state index is 4.50. The average molecular weight is 278 g/mol. The molecule has 0 saturated heterocycles. The fourth-order valence-corrected chi connectivity index (χ4v) is 2.56. The van der Waals surface area contributed by atoms with E-state index in [0.717, 1.165) is 29.7 Å². The Balaban J connectivity index is 1.99. The predicted molar refractivity (Wildman–Crippen MR) is 83.9 cm³/mol. The number of benzene rings is 1. The van der Waals surface area contributed by atoms with Crippen LogP contribution in [0.5, 0.6) is 0 Å². The van der Waals surface area contributed by atoms with Gasteiger partial charge in [-0.15, -0.1) is 0 Å². The number of hydrogen-bond acceptors (Lipinski definition) is 4. The van der Waals surface area contributed by atoms with Crippen LogP contribution in [0.3, 0.4) is 0 Å². The van der Waals surface area contributed by atoms with Gasteiger partial charge in [0.2, 0.25) is 0 Å². The lowest BCUT2D eigenvalue weighted by molar-refractivity contribution is 0.546. The zero-order valence-corrected chi connectivity index (χ0v) is 12.0. The lowest BCUT2D eigenvalue weighted by atomic mass is 10.00.